The fourth-order valence-corrected chi connectivity index (χ4v) is 3.93. The van der Waals surface area contributed by atoms with E-state index in [0.29, 0.717) is 21.0 Å². The van der Waals surface area contributed by atoms with E-state index in [1.165, 1.54) is 24.3 Å². The normalized spacial score (nSPS) is 11.6. The van der Waals surface area contributed by atoms with Crippen LogP contribution in [0.3, 0.4) is 0 Å². The Morgan fingerprint density at radius 1 is 0.971 bits per heavy atom. The molecule has 9 heteroatoms. The number of carbonyl (C=O) groups is 1. The zero-order chi connectivity index (χ0) is 23.9. The highest BCUT2D eigenvalue weighted by Gasteiger charge is 2.40. The van der Waals surface area contributed by atoms with Crippen molar-refractivity contribution in [3.8, 4) is 16.9 Å². The zero-order valence-corrected chi connectivity index (χ0v) is 18.2. The van der Waals surface area contributed by atoms with Gasteiger partial charge in [-0.2, -0.15) is 18.3 Å². The minimum Gasteiger partial charge on any atom is -0.354 e. The molecule has 0 unspecified atom stereocenters. The molecule has 0 spiro atoms. The van der Waals surface area contributed by atoms with E-state index in [2.05, 4.69) is 15.4 Å². The number of aromatic nitrogens is 3. The van der Waals surface area contributed by atoms with Gasteiger partial charge in [0.05, 0.1) is 23.1 Å². The first-order valence-electron chi connectivity index (χ1n) is 10.2. The molecule has 2 N–H and O–H groups in total. The van der Waals surface area contributed by atoms with E-state index in [-0.39, 0.29) is 5.69 Å². The Hall–Kier alpha value is -4.04. The molecule has 1 amide bonds. The maximum absolute atomic E-state index is 14.0. The Morgan fingerprint density at radius 3 is 2.41 bits per heavy atom. The third-order valence-electron chi connectivity index (χ3n) is 5.35. The predicted molar refractivity (Wildman–Crippen MR) is 125 cm³/mol. The number of nitrogens with zero attached hydrogens (tertiary/aromatic N) is 2. The van der Waals surface area contributed by atoms with E-state index in [1.807, 2.05) is 30.3 Å². The van der Waals surface area contributed by atoms with Crippen LogP contribution in [0.15, 0.2) is 85.1 Å². The third-order valence-corrected chi connectivity index (χ3v) is 5.60. The van der Waals surface area contributed by atoms with Crippen LogP contribution in [0, 0.1) is 0 Å². The van der Waals surface area contributed by atoms with Gasteiger partial charge in [-0.05, 0) is 42.5 Å². The molecule has 34 heavy (non-hydrogen) atoms. The number of hydrogen-bond donors (Lipinski definition) is 2. The minimum absolute atomic E-state index is 0.134. The number of amides is 1. The molecule has 0 saturated carbocycles. The van der Waals surface area contributed by atoms with Gasteiger partial charge in [-0.25, -0.2) is 4.68 Å². The first-order valence-corrected chi connectivity index (χ1v) is 10.6. The van der Waals surface area contributed by atoms with Gasteiger partial charge >= 0.3 is 6.18 Å². The Kier molecular flexibility index (Phi) is 5.37. The molecule has 5 rings (SSSR count). The van der Waals surface area contributed by atoms with Crippen LogP contribution in [0.5, 0.6) is 0 Å². The van der Waals surface area contributed by atoms with E-state index in [4.69, 9.17) is 11.6 Å². The predicted octanol–water partition coefficient (Wildman–Crippen LogP) is 6.95. The van der Waals surface area contributed by atoms with Crippen LogP contribution in [0.25, 0.3) is 27.8 Å². The maximum Gasteiger partial charge on any atom is 0.434 e. The first-order chi connectivity index (χ1) is 16.3. The lowest BCUT2D eigenvalue weighted by molar-refractivity contribution is -0.143. The number of H-pyrrole nitrogens is 1. The second kappa shape index (κ2) is 8.39. The minimum atomic E-state index is -4.82. The van der Waals surface area contributed by atoms with Crippen molar-refractivity contribution < 1.29 is 18.0 Å². The van der Waals surface area contributed by atoms with Crippen molar-refractivity contribution in [1.29, 1.82) is 0 Å². The molecule has 5 nitrogen and oxygen atoms in total. The molecule has 0 fully saturated rings. The fraction of sp³-hybridized carbons (Fsp3) is 0.0400. The lowest BCUT2D eigenvalue weighted by atomic mass is 10.1. The quantitative estimate of drug-likeness (QED) is 0.292. The van der Waals surface area contributed by atoms with Gasteiger partial charge in [0.1, 0.15) is 0 Å². The molecule has 3 aromatic carbocycles. The van der Waals surface area contributed by atoms with Gasteiger partial charge < -0.3 is 10.3 Å². The number of alkyl halides is 3. The van der Waals surface area contributed by atoms with Gasteiger partial charge in [-0.1, -0.05) is 48.0 Å². The molecule has 0 aliphatic rings. The monoisotopic (exact) mass is 480 g/mol. The summed E-state index contributed by atoms with van der Waals surface area (Å²) < 4.78 is 42.7. The number of benzene rings is 3. The molecule has 0 aliphatic heterocycles. The molecule has 0 bridgehead atoms. The average molecular weight is 481 g/mol. The summed E-state index contributed by atoms with van der Waals surface area (Å²) in [5, 5.41) is 7.81. The van der Waals surface area contributed by atoms with Gasteiger partial charge in [0.15, 0.2) is 5.69 Å². The summed E-state index contributed by atoms with van der Waals surface area (Å²) in [6, 6.07) is 22.2. The summed E-state index contributed by atoms with van der Waals surface area (Å²) in [5.41, 5.74) is 1.02. The van der Waals surface area contributed by atoms with E-state index in [0.717, 1.165) is 22.8 Å². The summed E-state index contributed by atoms with van der Waals surface area (Å²) in [6.07, 6.45) is -3.90. The summed E-state index contributed by atoms with van der Waals surface area (Å²) in [6.45, 7) is 0. The van der Waals surface area contributed by atoms with Gasteiger partial charge in [0.25, 0.3) is 5.91 Å². The number of rotatable bonds is 4. The van der Waals surface area contributed by atoms with Crippen LogP contribution in [0.4, 0.5) is 18.9 Å². The molecule has 170 valence electrons. The fourth-order valence-electron chi connectivity index (χ4n) is 3.80. The van der Waals surface area contributed by atoms with Gasteiger partial charge in [-0.3, -0.25) is 4.79 Å². The van der Waals surface area contributed by atoms with Crippen LogP contribution in [0.2, 0.25) is 5.02 Å². The number of nitrogens with one attached hydrogen (secondary N) is 2. The van der Waals surface area contributed by atoms with Crippen LogP contribution in [-0.2, 0) is 6.18 Å². The smallest absolute Gasteiger partial charge is 0.354 e. The van der Waals surface area contributed by atoms with E-state index in [1.54, 1.807) is 24.3 Å². The summed E-state index contributed by atoms with van der Waals surface area (Å²) in [5.74, 6) is -0.920. The summed E-state index contributed by atoms with van der Waals surface area (Å²) >= 11 is 5.85. The van der Waals surface area contributed by atoms with Gasteiger partial charge in [0.2, 0.25) is 0 Å². The maximum atomic E-state index is 14.0. The molecule has 2 heterocycles. The zero-order valence-electron chi connectivity index (χ0n) is 17.4. The first kappa shape index (κ1) is 21.8. The molecule has 0 saturated heterocycles. The van der Waals surface area contributed by atoms with Crippen molar-refractivity contribution in [2.45, 2.75) is 6.18 Å². The number of halogens is 4. The highest BCUT2D eigenvalue weighted by atomic mass is 35.5. The van der Waals surface area contributed by atoms with Crippen LogP contribution in [-0.4, -0.2) is 20.7 Å². The summed E-state index contributed by atoms with van der Waals surface area (Å²) in [4.78, 5) is 16.3. The van der Waals surface area contributed by atoms with E-state index in [9.17, 15) is 18.0 Å². The molecular formula is C25H16ClF3N4O. The molecule has 0 aliphatic carbocycles. The molecule has 0 radical (unpaired) electrons. The Labute approximate surface area is 196 Å². The second-order valence-corrected chi connectivity index (χ2v) is 8.00. The van der Waals surface area contributed by atoms with Crippen molar-refractivity contribution in [2.24, 2.45) is 0 Å². The molecule has 2 aromatic heterocycles. The van der Waals surface area contributed by atoms with Crippen molar-refractivity contribution >= 4 is 34.1 Å². The van der Waals surface area contributed by atoms with Crippen LogP contribution >= 0.6 is 11.6 Å². The molecule has 0 atom stereocenters. The highest BCUT2D eigenvalue weighted by Crippen LogP contribution is 2.35. The lowest BCUT2D eigenvalue weighted by Gasteiger charge is -2.14. The third kappa shape index (κ3) is 4.04. The lowest BCUT2D eigenvalue weighted by Crippen LogP contribution is -2.21. The SMILES string of the molecule is O=C(Nc1ccccc1-c1cc2ccccc2[nH]1)c1cnn(-c2ccc(Cl)cc2)c1C(F)(F)F. The average Bonchev–Trinajstić information content (AvgIpc) is 3.45. The number of anilines is 1. The second-order valence-electron chi connectivity index (χ2n) is 7.56. The summed E-state index contributed by atoms with van der Waals surface area (Å²) in [7, 11) is 0. The van der Waals surface area contributed by atoms with Crippen LogP contribution in [0.1, 0.15) is 16.1 Å². The molecule has 5 aromatic rings. The van der Waals surface area contributed by atoms with Gasteiger partial charge in [-0.15, -0.1) is 0 Å². The number of para-hydroxylation sites is 2. The Balaban J connectivity index is 1.53. The topological polar surface area (TPSA) is 62.7 Å². The van der Waals surface area contributed by atoms with Crippen molar-refractivity contribution in [1.82, 2.24) is 14.8 Å². The van der Waals surface area contributed by atoms with E-state index >= 15 is 0 Å². The number of fused-ring (bicyclic) bond motifs is 1. The van der Waals surface area contributed by atoms with Gasteiger partial charge in [0, 0.05) is 27.2 Å². The largest absolute Gasteiger partial charge is 0.434 e. The molecular weight excluding hydrogens is 465 g/mol. The van der Waals surface area contributed by atoms with Crippen molar-refractivity contribution in [3.63, 3.8) is 0 Å². The van der Waals surface area contributed by atoms with Crippen LogP contribution < -0.4 is 5.32 Å². The Bertz CT molecular complexity index is 1470. The van der Waals surface area contributed by atoms with Crippen molar-refractivity contribution in [3.05, 3.63) is 101 Å². The highest BCUT2D eigenvalue weighted by molar-refractivity contribution is 6.30. The standard InChI is InChI=1S/C25H16ClF3N4O/c26-16-9-11-17(12-10-16)33-23(25(27,28)29)19(14-30-33)24(34)32-21-8-4-2-6-18(21)22-13-15-5-1-3-7-20(15)31-22/h1-14,31H,(H,32,34). The number of hydrogen-bond acceptors (Lipinski definition) is 2. The number of aromatic amines is 1. The Morgan fingerprint density at radius 2 is 1.68 bits per heavy atom. The van der Waals surface area contributed by atoms with E-state index < -0.39 is 23.3 Å². The number of carbonyl (C=O) groups excluding carboxylic acids is 1. The van der Waals surface area contributed by atoms with Crippen molar-refractivity contribution in [2.75, 3.05) is 5.32 Å².